The zero-order valence-corrected chi connectivity index (χ0v) is 11.6. The molecular weight excluding hydrogens is 236 g/mol. The highest BCUT2D eigenvalue weighted by molar-refractivity contribution is 5.96. The number of fused-ring (bicyclic) bond motifs is 1. The Balaban J connectivity index is 2.18. The van der Waals surface area contributed by atoms with Gasteiger partial charge in [0.05, 0.1) is 12.8 Å². The van der Waals surface area contributed by atoms with E-state index in [9.17, 15) is 0 Å². The molecule has 0 saturated carbocycles. The molecule has 0 atom stereocenters. The fourth-order valence-corrected chi connectivity index (χ4v) is 2.87. The summed E-state index contributed by atoms with van der Waals surface area (Å²) in [5.41, 5.74) is 2.53. The topological polar surface area (TPSA) is 24.5 Å². The summed E-state index contributed by atoms with van der Waals surface area (Å²) in [6.45, 7) is 6.32. The molecule has 0 radical (unpaired) electrons. The largest absolute Gasteiger partial charge is 0.494 e. The average molecular weight is 256 g/mol. The van der Waals surface area contributed by atoms with E-state index in [1.807, 2.05) is 0 Å². The van der Waals surface area contributed by atoms with Crippen molar-refractivity contribution < 1.29 is 4.74 Å². The minimum absolute atomic E-state index is 1.00. The van der Waals surface area contributed by atoms with Gasteiger partial charge in [0, 0.05) is 31.6 Å². The average Bonchev–Trinajstić information content (AvgIpc) is 2.48. The molecule has 3 rings (SSSR count). The molecule has 1 saturated heterocycles. The molecule has 0 unspecified atom stereocenters. The molecule has 2 aromatic rings. The van der Waals surface area contributed by atoms with Crippen LogP contribution >= 0.6 is 0 Å². The molecule has 2 aromatic carbocycles. The molecule has 0 spiro atoms. The molecule has 100 valence electrons. The van der Waals surface area contributed by atoms with E-state index in [0.29, 0.717) is 0 Å². The number of hydrogen-bond acceptors (Lipinski definition) is 3. The fraction of sp³-hybridized carbons (Fsp3) is 0.375. The van der Waals surface area contributed by atoms with Gasteiger partial charge >= 0.3 is 0 Å². The van der Waals surface area contributed by atoms with Crippen molar-refractivity contribution >= 4 is 16.5 Å². The second-order valence-corrected chi connectivity index (χ2v) is 5.03. The molecule has 1 aliphatic rings. The van der Waals surface area contributed by atoms with E-state index in [1.165, 1.54) is 22.0 Å². The van der Waals surface area contributed by atoms with Crippen LogP contribution in [0, 0.1) is 6.92 Å². The van der Waals surface area contributed by atoms with Gasteiger partial charge in [0.15, 0.2) is 0 Å². The van der Waals surface area contributed by atoms with Crippen LogP contribution in [-0.4, -0.2) is 33.3 Å². The van der Waals surface area contributed by atoms with Crippen molar-refractivity contribution in [2.24, 2.45) is 0 Å². The van der Waals surface area contributed by atoms with Crippen LogP contribution in [0.5, 0.6) is 5.75 Å². The van der Waals surface area contributed by atoms with Crippen LogP contribution in [0.25, 0.3) is 10.8 Å². The van der Waals surface area contributed by atoms with Gasteiger partial charge in [0.1, 0.15) is 5.75 Å². The third-order valence-corrected chi connectivity index (χ3v) is 3.84. The molecule has 0 aliphatic carbocycles. The number of aryl methyl sites for hydroxylation is 1. The highest BCUT2D eigenvalue weighted by atomic mass is 16.5. The van der Waals surface area contributed by atoms with Crippen LogP contribution in [0.4, 0.5) is 5.69 Å². The summed E-state index contributed by atoms with van der Waals surface area (Å²) < 4.78 is 5.70. The van der Waals surface area contributed by atoms with Gasteiger partial charge in [-0.05, 0) is 23.9 Å². The lowest BCUT2D eigenvalue weighted by Gasteiger charge is -2.31. The number of rotatable bonds is 2. The Hall–Kier alpha value is -1.74. The Morgan fingerprint density at radius 2 is 1.79 bits per heavy atom. The summed E-state index contributed by atoms with van der Waals surface area (Å²) in [6.07, 6.45) is 0. The summed E-state index contributed by atoms with van der Waals surface area (Å²) >= 11 is 0. The standard InChI is InChI=1S/C16H20N2O/c1-12-11-15(18-9-7-17-8-10-18)16(19-2)14-6-4-3-5-13(12)14/h3-6,11,17H,7-10H2,1-2H3. The zero-order chi connectivity index (χ0) is 13.2. The molecule has 0 aromatic heterocycles. The molecule has 3 heteroatoms. The second kappa shape index (κ2) is 5.10. The summed E-state index contributed by atoms with van der Waals surface area (Å²) in [6, 6.07) is 10.7. The van der Waals surface area contributed by atoms with Gasteiger partial charge in [0.2, 0.25) is 0 Å². The molecule has 3 nitrogen and oxygen atoms in total. The molecule has 1 fully saturated rings. The first-order valence-corrected chi connectivity index (χ1v) is 6.83. The molecular formula is C16H20N2O. The Kier molecular flexibility index (Phi) is 3.30. The first-order chi connectivity index (χ1) is 9.31. The van der Waals surface area contributed by atoms with E-state index in [2.05, 4.69) is 47.5 Å². The third kappa shape index (κ3) is 2.15. The van der Waals surface area contributed by atoms with Gasteiger partial charge in [-0.1, -0.05) is 24.3 Å². The van der Waals surface area contributed by atoms with Gasteiger partial charge in [0.25, 0.3) is 0 Å². The minimum atomic E-state index is 1.00. The van der Waals surface area contributed by atoms with Gasteiger partial charge in [-0.3, -0.25) is 0 Å². The minimum Gasteiger partial charge on any atom is -0.494 e. The maximum absolute atomic E-state index is 5.70. The highest BCUT2D eigenvalue weighted by Gasteiger charge is 2.18. The molecule has 19 heavy (non-hydrogen) atoms. The summed E-state index contributed by atoms with van der Waals surface area (Å²) in [4.78, 5) is 2.41. The first-order valence-electron chi connectivity index (χ1n) is 6.83. The lowest BCUT2D eigenvalue weighted by atomic mass is 10.0. The summed E-state index contributed by atoms with van der Waals surface area (Å²) in [7, 11) is 1.77. The number of hydrogen-bond donors (Lipinski definition) is 1. The van der Waals surface area contributed by atoms with Crippen molar-refractivity contribution in [1.82, 2.24) is 5.32 Å². The zero-order valence-electron chi connectivity index (χ0n) is 11.6. The SMILES string of the molecule is COc1c(N2CCNCC2)cc(C)c2ccccc12. The maximum atomic E-state index is 5.70. The summed E-state index contributed by atoms with van der Waals surface area (Å²) in [5, 5.41) is 5.87. The van der Waals surface area contributed by atoms with E-state index >= 15 is 0 Å². The fourth-order valence-electron chi connectivity index (χ4n) is 2.87. The van der Waals surface area contributed by atoms with Crippen LogP contribution in [0.1, 0.15) is 5.56 Å². The van der Waals surface area contributed by atoms with Gasteiger partial charge in [-0.15, -0.1) is 0 Å². The number of benzene rings is 2. The predicted molar refractivity (Wildman–Crippen MR) is 80.3 cm³/mol. The van der Waals surface area contributed by atoms with Crippen LogP contribution in [0.2, 0.25) is 0 Å². The van der Waals surface area contributed by atoms with E-state index in [0.717, 1.165) is 31.9 Å². The van der Waals surface area contributed by atoms with Gasteiger partial charge in [-0.2, -0.15) is 0 Å². The van der Waals surface area contributed by atoms with Crippen LogP contribution < -0.4 is 15.0 Å². The van der Waals surface area contributed by atoms with Crippen LogP contribution in [0.15, 0.2) is 30.3 Å². The third-order valence-electron chi connectivity index (χ3n) is 3.84. The lowest BCUT2D eigenvalue weighted by Crippen LogP contribution is -2.43. The number of methoxy groups -OCH3 is 1. The number of nitrogens with one attached hydrogen (secondary N) is 1. The van der Waals surface area contributed by atoms with Crippen molar-refractivity contribution in [3.05, 3.63) is 35.9 Å². The molecule has 1 aliphatic heterocycles. The number of nitrogens with zero attached hydrogens (tertiary/aromatic N) is 1. The monoisotopic (exact) mass is 256 g/mol. The molecule has 0 amide bonds. The summed E-state index contributed by atoms with van der Waals surface area (Å²) in [5.74, 6) is 1.00. The van der Waals surface area contributed by atoms with Gasteiger partial charge < -0.3 is 15.0 Å². The van der Waals surface area contributed by atoms with E-state index in [4.69, 9.17) is 4.74 Å². The van der Waals surface area contributed by atoms with Crippen molar-refractivity contribution in [2.75, 3.05) is 38.2 Å². The normalized spacial score (nSPS) is 15.8. The molecule has 0 bridgehead atoms. The van der Waals surface area contributed by atoms with Crippen molar-refractivity contribution in [3.63, 3.8) is 0 Å². The quantitative estimate of drug-likeness (QED) is 0.893. The highest BCUT2D eigenvalue weighted by Crippen LogP contribution is 2.38. The smallest absolute Gasteiger partial charge is 0.149 e. The number of ether oxygens (including phenoxy) is 1. The van der Waals surface area contributed by atoms with Gasteiger partial charge in [-0.25, -0.2) is 0 Å². The molecule has 1 heterocycles. The maximum Gasteiger partial charge on any atom is 0.149 e. The van der Waals surface area contributed by atoms with E-state index in [-0.39, 0.29) is 0 Å². The van der Waals surface area contributed by atoms with Crippen molar-refractivity contribution in [3.8, 4) is 5.75 Å². The predicted octanol–water partition coefficient (Wildman–Crippen LogP) is 2.57. The van der Waals surface area contributed by atoms with Crippen LogP contribution in [0.3, 0.4) is 0 Å². The lowest BCUT2D eigenvalue weighted by molar-refractivity contribution is 0.418. The molecule has 1 N–H and O–H groups in total. The Labute approximate surface area is 114 Å². The number of piperazine rings is 1. The van der Waals surface area contributed by atoms with Crippen LogP contribution in [-0.2, 0) is 0 Å². The Bertz CT molecular complexity index is 589. The Morgan fingerprint density at radius 3 is 2.47 bits per heavy atom. The second-order valence-electron chi connectivity index (χ2n) is 5.03. The van der Waals surface area contributed by atoms with E-state index in [1.54, 1.807) is 7.11 Å². The Morgan fingerprint density at radius 1 is 1.11 bits per heavy atom. The van der Waals surface area contributed by atoms with Crippen molar-refractivity contribution in [2.45, 2.75) is 6.92 Å². The first kappa shape index (κ1) is 12.3. The van der Waals surface area contributed by atoms with Crippen molar-refractivity contribution in [1.29, 1.82) is 0 Å². The van der Waals surface area contributed by atoms with E-state index < -0.39 is 0 Å². The number of anilines is 1.